The summed E-state index contributed by atoms with van der Waals surface area (Å²) in [5.41, 5.74) is 2.05. The van der Waals surface area contributed by atoms with Gasteiger partial charge in [-0.15, -0.1) is 0 Å². The summed E-state index contributed by atoms with van der Waals surface area (Å²) in [6, 6.07) is 12.7. The zero-order chi connectivity index (χ0) is 19.3. The number of nitrogens with one attached hydrogen (secondary N) is 1. The van der Waals surface area contributed by atoms with Gasteiger partial charge < -0.3 is 10.2 Å². The number of rotatable bonds is 6. The monoisotopic (exact) mass is 378 g/mol. The second-order valence-electron chi connectivity index (χ2n) is 7.42. The summed E-state index contributed by atoms with van der Waals surface area (Å²) in [7, 11) is 0. The Morgan fingerprint density at radius 3 is 2.64 bits per heavy atom. The summed E-state index contributed by atoms with van der Waals surface area (Å²) in [5.74, 6) is -0.144. The number of aromatic nitrogens is 1. The van der Waals surface area contributed by atoms with Crippen molar-refractivity contribution in [3.05, 3.63) is 59.9 Å². The van der Waals surface area contributed by atoms with Gasteiger partial charge in [0.15, 0.2) is 0 Å². The van der Waals surface area contributed by atoms with Crippen molar-refractivity contribution >= 4 is 17.5 Å². The Labute approximate surface area is 165 Å². The third-order valence-corrected chi connectivity index (χ3v) is 5.53. The Bertz CT molecular complexity index is 833. The summed E-state index contributed by atoms with van der Waals surface area (Å²) in [6.45, 7) is 3.75. The molecule has 0 aliphatic carbocycles. The molecule has 1 atom stereocenters. The number of carbonyl (C=O) groups excluding carboxylic acids is 2. The molecule has 1 aromatic heterocycles. The number of hydrogen-bond acceptors (Lipinski definition) is 4. The number of benzene rings is 1. The van der Waals surface area contributed by atoms with Gasteiger partial charge in [0.1, 0.15) is 0 Å². The van der Waals surface area contributed by atoms with E-state index in [1.807, 2.05) is 30.3 Å². The van der Waals surface area contributed by atoms with Crippen molar-refractivity contribution in [2.24, 2.45) is 0 Å². The number of amides is 2. The Kier molecular flexibility index (Phi) is 5.67. The Hall–Kier alpha value is -2.73. The van der Waals surface area contributed by atoms with Crippen LogP contribution in [0.2, 0.25) is 0 Å². The largest absolute Gasteiger partial charge is 0.355 e. The highest BCUT2D eigenvalue weighted by atomic mass is 16.2. The summed E-state index contributed by atoms with van der Waals surface area (Å²) < 4.78 is 0. The molecule has 4 rings (SSSR count). The van der Waals surface area contributed by atoms with Crippen LogP contribution in [-0.2, 0) is 4.79 Å². The first kappa shape index (κ1) is 18.6. The van der Waals surface area contributed by atoms with E-state index in [-0.39, 0.29) is 24.3 Å². The zero-order valence-corrected chi connectivity index (χ0v) is 16.0. The highest BCUT2D eigenvalue weighted by Gasteiger charge is 2.39. The van der Waals surface area contributed by atoms with Crippen molar-refractivity contribution in [2.75, 3.05) is 31.1 Å². The fraction of sp³-hybridized carbons (Fsp3) is 0.409. The van der Waals surface area contributed by atoms with E-state index < -0.39 is 0 Å². The molecule has 2 amide bonds. The molecule has 0 radical (unpaired) electrons. The smallest absolute Gasteiger partial charge is 0.260 e. The Morgan fingerprint density at radius 1 is 1.07 bits per heavy atom. The minimum absolute atomic E-state index is 0.0470. The summed E-state index contributed by atoms with van der Waals surface area (Å²) >= 11 is 0. The number of anilines is 1. The molecule has 2 aromatic rings. The van der Waals surface area contributed by atoms with Crippen LogP contribution < -0.4 is 10.2 Å². The zero-order valence-electron chi connectivity index (χ0n) is 16.0. The fourth-order valence-corrected chi connectivity index (χ4v) is 4.12. The van der Waals surface area contributed by atoms with E-state index in [2.05, 4.69) is 15.2 Å². The molecule has 1 fully saturated rings. The first-order valence-corrected chi connectivity index (χ1v) is 10.1. The molecular weight excluding hydrogens is 352 g/mol. The molecule has 28 heavy (non-hydrogen) atoms. The van der Waals surface area contributed by atoms with Crippen LogP contribution in [-0.4, -0.2) is 47.9 Å². The molecule has 0 bridgehead atoms. The first-order chi connectivity index (χ1) is 13.7. The van der Waals surface area contributed by atoms with Gasteiger partial charge in [-0.25, -0.2) is 0 Å². The molecule has 1 N–H and O–H groups in total. The first-order valence-electron chi connectivity index (χ1n) is 10.1. The summed E-state index contributed by atoms with van der Waals surface area (Å²) in [5, 5.41) is 3.03. The quantitative estimate of drug-likeness (QED) is 0.839. The fourth-order valence-electron chi connectivity index (χ4n) is 4.12. The standard InChI is InChI=1S/C22H26N4O2/c27-20(23-12-15-25-13-5-2-6-14-25)16-19-21-18(10-7-11-24-21)22(28)26(19)17-8-3-1-4-9-17/h1,3-4,7-11,19H,2,5-6,12-16H2,(H,23,27). The van der Waals surface area contributed by atoms with Gasteiger partial charge in [0.25, 0.3) is 5.91 Å². The van der Waals surface area contributed by atoms with Gasteiger partial charge >= 0.3 is 0 Å². The highest BCUT2D eigenvalue weighted by Crippen LogP contribution is 2.37. The van der Waals surface area contributed by atoms with Gasteiger partial charge in [-0.05, 0) is 50.2 Å². The number of nitrogens with zero attached hydrogens (tertiary/aromatic N) is 3. The van der Waals surface area contributed by atoms with Crippen molar-refractivity contribution in [1.82, 2.24) is 15.2 Å². The van der Waals surface area contributed by atoms with Gasteiger partial charge in [0.2, 0.25) is 5.91 Å². The lowest BCUT2D eigenvalue weighted by atomic mass is 10.1. The topological polar surface area (TPSA) is 65.5 Å². The van der Waals surface area contributed by atoms with Crippen molar-refractivity contribution in [3.8, 4) is 0 Å². The number of fused-ring (bicyclic) bond motifs is 1. The number of para-hydroxylation sites is 1. The van der Waals surface area contributed by atoms with Crippen molar-refractivity contribution in [1.29, 1.82) is 0 Å². The minimum Gasteiger partial charge on any atom is -0.355 e. The number of likely N-dealkylation sites (tertiary alicyclic amines) is 1. The predicted molar refractivity (Wildman–Crippen MR) is 108 cm³/mol. The maximum Gasteiger partial charge on any atom is 0.260 e. The predicted octanol–water partition coefficient (Wildman–Crippen LogP) is 2.78. The van der Waals surface area contributed by atoms with Crippen LogP contribution in [0.5, 0.6) is 0 Å². The van der Waals surface area contributed by atoms with E-state index in [0.29, 0.717) is 17.8 Å². The van der Waals surface area contributed by atoms with Gasteiger partial charge in [-0.2, -0.15) is 0 Å². The second-order valence-corrected chi connectivity index (χ2v) is 7.42. The van der Waals surface area contributed by atoms with Gasteiger partial charge in [0.05, 0.1) is 23.7 Å². The third kappa shape index (κ3) is 3.92. The lowest BCUT2D eigenvalue weighted by molar-refractivity contribution is -0.121. The number of hydrogen-bond donors (Lipinski definition) is 1. The third-order valence-electron chi connectivity index (χ3n) is 5.53. The molecule has 6 nitrogen and oxygen atoms in total. The molecule has 3 heterocycles. The molecule has 6 heteroatoms. The maximum absolute atomic E-state index is 13.0. The molecule has 2 aliphatic rings. The highest BCUT2D eigenvalue weighted by molar-refractivity contribution is 6.11. The molecule has 2 aliphatic heterocycles. The lowest BCUT2D eigenvalue weighted by Gasteiger charge is -2.27. The Morgan fingerprint density at radius 2 is 1.86 bits per heavy atom. The molecule has 1 aromatic carbocycles. The molecule has 146 valence electrons. The maximum atomic E-state index is 13.0. The van der Waals surface area contributed by atoms with Crippen LogP contribution in [0.25, 0.3) is 0 Å². The van der Waals surface area contributed by atoms with Crippen molar-refractivity contribution < 1.29 is 9.59 Å². The average molecular weight is 378 g/mol. The number of carbonyl (C=O) groups is 2. The van der Waals surface area contributed by atoms with E-state index in [1.54, 1.807) is 23.2 Å². The molecule has 1 saturated heterocycles. The number of pyridine rings is 1. The van der Waals surface area contributed by atoms with E-state index in [4.69, 9.17) is 0 Å². The Balaban J connectivity index is 1.44. The SMILES string of the molecule is O=C(CC1c2ncccc2C(=O)N1c1ccccc1)NCCN1CCCCC1. The van der Waals surface area contributed by atoms with E-state index in [1.165, 1.54) is 19.3 Å². The van der Waals surface area contributed by atoms with Crippen LogP contribution in [0.3, 0.4) is 0 Å². The molecular formula is C22H26N4O2. The minimum atomic E-state index is -0.374. The van der Waals surface area contributed by atoms with Crippen molar-refractivity contribution in [2.45, 2.75) is 31.7 Å². The van der Waals surface area contributed by atoms with Crippen LogP contribution in [0.15, 0.2) is 48.7 Å². The number of piperidine rings is 1. The molecule has 1 unspecified atom stereocenters. The van der Waals surface area contributed by atoms with Gasteiger partial charge in [0, 0.05) is 25.0 Å². The van der Waals surface area contributed by atoms with Gasteiger partial charge in [-0.3, -0.25) is 19.5 Å². The van der Waals surface area contributed by atoms with Crippen LogP contribution in [0, 0.1) is 0 Å². The van der Waals surface area contributed by atoms with Crippen LogP contribution >= 0.6 is 0 Å². The average Bonchev–Trinajstić information content (AvgIpc) is 3.01. The molecule has 0 spiro atoms. The molecule has 0 saturated carbocycles. The van der Waals surface area contributed by atoms with E-state index >= 15 is 0 Å². The van der Waals surface area contributed by atoms with Crippen LogP contribution in [0.4, 0.5) is 5.69 Å². The lowest BCUT2D eigenvalue weighted by Crippen LogP contribution is -2.39. The second kappa shape index (κ2) is 8.52. The van der Waals surface area contributed by atoms with E-state index in [9.17, 15) is 9.59 Å². The van der Waals surface area contributed by atoms with Crippen LogP contribution in [0.1, 0.15) is 47.8 Å². The summed E-state index contributed by atoms with van der Waals surface area (Å²) in [4.78, 5) is 34.1. The van der Waals surface area contributed by atoms with Gasteiger partial charge in [-0.1, -0.05) is 24.6 Å². The van der Waals surface area contributed by atoms with Crippen molar-refractivity contribution in [3.63, 3.8) is 0 Å². The normalized spacial score (nSPS) is 19.5. The summed E-state index contributed by atoms with van der Waals surface area (Å²) in [6.07, 6.45) is 5.69. The van der Waals surface area contributed by atoms with E-state index in [0.717, 1.165) is 25.3 Å².